The molecule has 0 spiro atoms. The van der Waals surface area contributed by atoms with Gasteiger partial charge in [0, 0.05) is 17.4 Å². The normalized spacial score (nSPS) is 11.4. The molecule has 0 amide bonds. The maximum absolute atomic E-state index is 13.2. The fraction of sp³-hybridized carbons (Fsp3) is 0.158. The number of carbonyl (C=O) groups excluding carboxylic acids is 1. The third-order valence-electron chi connectivity index (χ3n) is 3.79. The number of carbonyl (C=O) groups is 1. The minimum Gasteiger partial charge on any atom is -0.465 e. The van der Waals surface area contributed by atoms with Gasteiger partial charge in [-0.05, 0) is 23.8 Å². The van der Waals surface area contributed by atoms with Gasteiger partial charge < -0.3 is 4.74 Å². The first-order chi connectivity index (χ1) is 12.4. The third kappa shape index (κ3) is 3.94. The molecule has 0 unspecified atom stereocenters. The Kier molecular flexibility index (Phi) is 5.08. The smallest absolute Gasteiger partial charge is 0.417 e. The summed E-state index contributed by atoms with van der Waals surface area (Å²) in [6.07, 6.45) is -3.95. The van der Waals surface area contributed by atoms with Crippen LogP contribution in [-0.2, 0) is 17.3 Å². The van der Waals surface area contributed by atoms with Gasteiger partial charge in [-0.25, -0.2) is 9.78 Å². The van der Waals surface area contributed by atoms with E-state index in [-0.39, 0.29) is 5.56 Å². The lowest BCUT2D eigenvalue weighted by molar-refractivity contribution is -0.137. The van der Waals surface area contributed by atoms with Gasteiger partial charge in [0.1, 0.15) is 0 Å². The van der Waals surface area contributed by atoms with E-state index in [1.807, 2.05) is 0 Å². The second-order valence-electron chi connectivity index (χ2n) is 5.54. The zero-order chi connectivity index (χ0) is 18.7. The van der Waals surface area contributed by atoms with E-state index >= 15 is 0 Å². The van der Waals surface area contributed by atoms with Crippen LogP contribution in [0.5, 0.6) is 0 Å². The van der Waals surface area contributed by atoms with Gasteiger partial charge in [0.2, 0.25) is 0 Å². The van der Waals surface area contributed by atoms with Crippen LogP contribution in [0.25, 0.3) is 11.3 Å². The Morgan fingerprint density at radius 2 is 1.81 bits per heavy atom. The molecule has 0 fully saturated rings. The molecule has 3 nitrogen and oxygen atoms in total. The first-order valence-electron chi connectivity index (χ1n) is 7.66. The lowest BCUT2D eigenvalue weighted by Gasteiger charge is -2.10. The van der Waals surface area contributed by atoms with Crippen molar-refractivity contribution in [1.82, 2.24) is 4.98 Å². The maximum Gasteiger partial charge on any atom is 0.417 e. The van der Waals surface area contributed by atoms with Crippen molar-refractivity contribution in [2.24, 2.45) is 0 Å². The van der Waals surface area contributed by atoms with Crippen LogP contribution in [0, 0.1) is 0 Å². The van der Waals surface area contributed by atoms with Crippen LogP contribution in [0.4, 0.5) is 13.2 Å². The van der Waals surface area contributed by atoms with Gasteiger partial charge in [-0.3, -0.25) is 0 Å². The fourth-order valence-corrected chi connectivity index (χ4v) is 3.35. The highest BCUT2D eigenvalue weighted by Crippen LogP contribution is 2.37. The summed E-state index contributed by atoms with van der Waals surface area (Å²) in [5.41, 5.74) is 1.03. The molecule has 0 aliphatic carbocycles. The summed E-state index contributed by atoms with van der Waals surface area (Å²) in [7, 11) is 1.31. The van der Waals surface area contributed by atoms with Crippen molar-refractivity contribution in [1.29, 1.82) is 0 Å². The molecule has 3 rings (SSSR count). The van der Waals surface area contributed by atoms with Gasteiger partial charge in [0.15, 0.2) is 0 Å². The molecule has 0 aliphatic rings. The average Bonchev–Trinajstić information content (AvgIpc) is 3.09. The average molecular weight is 377 g/mol. The first kappa shape index (κ1) is 18.1. The number of methoxy groups -OCH3 is 1. The van der Waals surface area contributed by atoms with Crippen LogP contribution in [0.1, 0.15) is 26.5 Å². The molecule has 0 aliphatic heterocycles. The summed E-state index contributed by atoms with van der Waals surface area (Å²) in [5, 5.41) is 2.32. The quantitative estimate of drug-likeness (QED) is 0.586. The summed E-state index contributed by atoms with van der Waals surface area (Å²) in [6.45, 7) is 0. The Labute approximate surface area is 152 Å². The highest BCUT2D eigenvalue weighted by atomic mass is 32.1. The molecule has 0 radical (unpaired) electrons. The van der Waals surface area contributed by atoms with E-state index in [1.54, 1.807) is 35.7 Å². The number of thiazole rings is 1. The molecule has 26 heavy (non-hydrogen) atoms. The second-order valence-corrected chi connectivity index (χ2v) is 6.48. The number of benzene rings is 2. The highest BCUT2D eigenvalue weighted by molar-refractivity contribution is 7.10. The number of hydrogen-bond donors (Lipinski definition) is 0. The topological polar surface area (TPSA) is 39.2 Å². The first-order valence-corrected chi connectivity index (χ1v) is 8.54. The second kappa shape index (κ2) is 7.29. The summed E-state index contributed by atoms with van der Waals surface area (Å²) >= 11 is 1.30. The molecular weight excluding hydrogens is 363 g/mol. The molecule has 3 aromatic rings. The SMILES string of the molecule is COC(=O)c1ccc(Cc2nc(-c3ccccc3C(F)(F)F)cs2)cc1. The van der Waals surface area contributed by atoms with Crippen molar-refractivity contribution in [2.45, 2.75) is 12.6 Å². The largest absolute Gasteiger partial charge is 0.465 e. The molecule has 0 atom stereocenters. The standard InChI is InChI=1S/C19H14F3NO2S/c1-25-18(24)13-8-6-12(7-9-13)10-17-23-16(11-26-17)14-4-2-3-5-15(14)19(20,21)22/h2-9,11H,10H2,1H3. The Hall–Kier alpha value is -2.67. The summed E-state index contributed by atoms with van der Waals surface area (Å²) < 4.78 is 44.1. The van der Waals surface area contributed by atoms with Crippen molar-refractivity contribution in [3.05, 3.63) is 75.6 Å². The summed E-state index contributed by atoms with van der Waals surface area (Å²) in [4.78, 5) is 15.8. The molecule has 0 saturated carbocycles. The highest BCUT2D eigenvalue weighted by Gasteiger charge is 2.33. The number of alkyl halides is 3. The Morgan fingerprint density at radius 3 is 2.46 bits per heavy atom. The van der Waals surface area contributed by atoms with E-state index in [1.165, 1.54) is 30.6 Å². The molecule has 0 bridgehead atoms. The van der Waals surface area contributed by atoms with Crippen LogP contribution >= 0.6 is 11.3 Å². The number of hydrogen-bond acceptors (Lipinski definition) is 4. The lowest BCUT2D eigenvalue weighted by atomic mass is 10.0. The molecule has 7 heteroatoms. The van der Waals surface area contributed by atoms with E-state index in [2.05, 4.69) is 9.72 Å². The van der Waals surface area contributed by atoms with Crippen LogP contribution in [0.15, 0.2) is 53.9 Å². The predicted octanol–water partition coefficient (Wildman–Crippen LogP) is 5.21. The molecule has 1 heterocycles. The van der Waals surface area contributed by atoms with E-state index in [4.69, 9.17) is 0 Å². The van der Waals surface area contributed by atoms with Gasteiger partial charge in [0.25, 0.3) is 0 Å². The summed E-state index contributed by atoms with van der Waals surface area (Å²) in [6, 6.07) is 12.3. The van der Waals surface area contributed by atoms with Crippen LogP contribution < -0.4 is 0 Å². The van der Waals surface area contributed by atoms with Gasteiger partial charge >= 0.3 is 12.1 Å². The lowest BCUT2D eigenvalue weighted by Crippen LogP contribution is -2.06. The van der Waals surface area contributed by atoms with Gasteiger partial charge in [-0.15, -0.1) is 11.3 Å². The van der Waals surface area contributed by atoms with Crippen molar-refractivity contribution >= 4 is 17.3 Å². The number of ether oxygens (including phenoxy) is 1. The number of rotatable bonds is 4. The van der Waals surface area contributed by atoms with Gasteiger partial charge in [-0.2, -0.15) is 13.2 Å². The zero-order valence-corrected chi connectivity index (χ0v) is 14.5. The predicted molar refractivity (Wildman–Crippen MR) is 93.1 cm³/mol. The minimum absolute atomic E-state index is 0.0727. The van der Waals surface area contributed by atoms with Crippen LogP contribution in [0.3, 0.4) is 0 Å². The Morgan fingerprint density at radius 1 is 1.12 bits per heavy atom. The number of aromatic nitrogens is 1. The number of nitrogens with zero attached hydrogens (tertiary/aromatic N) is 1. The van der Waals surface area contributed by atoms with E-state index in [9.17, 15) is 18.0 Å². The summed E-state index contributed by atoms with van der Waals surface area (Å²) in [5.74, 6) is -0.420. The van der Waals surface area contributed by atoms with Gasteiger partial charge in [-0.1, -0.05) is 30.3 Å². The number of esters is 1. The molecule has 1 aromatic heterocycles. The van der Waals surface area contributed by atoms with Crippen molar-refractivity contribution in [3.63, 3.8) is 0 Å². The molecule has 0 N–H and O–H groups in total. The molecular formula is C19H14F3NO2S. The minimum atomic E-state index is -4.43. The molecule has 0 saturated heterocycles. The van der Waals surface area contributed by atoms with Crippen molar-refractivity contribution in [3.8, 4) is 11.3 Å². The van der Waals surface area contributed by atoms with Crippen molar-refractivity contribution in [2.75, 3.05) is 7.11 Å². The van der Waals surface area contributed by atoms with Gasteiger partial charge in [0.05, 0.1) is 28.9 Å². The monoisotopic (exact) mass is 377 g/mol. The van der Waals surface area contributed by atoms with Crippen LogP contribution in [0.2, 0.25) is 0 Å². The molecule has 134 valence electrons. The Balaban J connectivity index is 1.82. The van der Waals surface area contributed by atoms with E-state index in [0.29, 0.717) is 22.7 Å². The number of halogens is 3. The molecule has 2 aromatic carbocycles. The Bertz CT molecular complexity index is 917. The maximum atomic E-state index is 13.2. The zero-order valence-electron chi connectivity index (χ0n) is 13.7. The van der Waals surface area contributed by atoms with Crippen LogP contribution in [-0.4, -0.2) is 18.1 Å². The third-order valence-corrected chi connectivity index (χ3v) is 4.64. The van der Waals surface area contributed by atoms with E-state index in [0.717, 1.165) is 11.6 Å². The van der Waals surface area contributed by atoms with E-state index < -0.39 is 17.7 Å². The van der Waals surface area contributed by atoms with Crippen molar-refractivity contribution < 1.29 is 22.7 Å². The fourth-order valence-electron chi connectivity index (χ4n) is 2.52.